The maximum atomic E-state index is 3.95. The molecule has 0 spiro atoms. The molecule has 1 aromatic carbocycles. The Balaban J connectivity index is 0.000000853. The van der Waals surface area contributed by atoms with E-state index in [9.17, 15) is 0 Å². The molecule has 3 rings (SSSR count). The average Bonchev–Trinajstić information content (AvgIpc) is 2.65. The van der Waals surface area contributed by atoms with Gasteiger partial charge in [0.25, 0.3) is 0 Å². The largest absolute Gasteiger partial charge is 0.241 e. The molecule has 78 valence electrons. The Morgan fingerprint density at radius 3 is 3.13 bits per heavy atom. The summed E-state index contributed by atoms with van der Waals surface area (Å²) in [7, 11) is 0. The zero-order valence-corrected chi connectivity index (χ0v) is 10.2. The van der Waals surface area contributed by atoms with Crippen LogP contribution >= 0.6 is 0 Å². The molecular weight excluding hydrogens is 371 g/mol. The predicted octanol–water partition coefficient (Wildman–Crippen LogP) is 1.38. The number of tetrazole rings is 1. The van der Waals surface area contributed by atoms with Crippen LogP contribution in [0.5, 0.6) is 0 Å². The third-order valence-corrected chi connectivity index (χ3v) is 2.23. The Hall–Kier alpha value is -1.28. The average molecular weight is 378 g/mol. The monoisotopic (exact) mass is 378 g/mol. The van der Waals surface area contributed by atoms with Crippen molar-refractivity contribution in [2.45, 2.75) is 6.92 Å². The van der Waals surface area contributed by atoms with Gasteiger partial charge in [-0.05, 0) is 5.21 Å². The Labute approximate surface area is 101 Å². The van der Waals surface area contributed by atoms with Crippen LogP contribution in [0, 0.1) is 13.0 Å². The van der Waals surface area contributed by atoms with Crippen LogP contribution in [-0.2, 0) is 21.1 Å². The zero-order valence-electron chi connectivity index (χ0n) is 7.91. The number of hydrogen-bond donors (Lipinski definition) is 0. The van der Waals surface area contributed by atoms with E-state index >= 15 is 0 Å². The number of hydrogen-bond acceptors (Lipinski definition) is 3. The maximum absolute atomic E-state index is 3.95. The molecule has 4 nitrogen and oxygen atoms in total. The van der Waals surface area contributed by atoms with Gasteiger partial charge in [-0.1, -0.05) is 23.6 Å². The van der Waals surface area contributed by atoms with Gasteiger partial charge in [0.1, 0.15) is 5.65 Å². The molecule has 0 aliphatic rings. The first-order chi connectivity index (χ1) is 6.84. The van der Waals surface area contributed by atoms with E-state index in [1.165, 1.54) is 5.56 Å². The molecule has 0 amide bonds. The van der Waals surface area contributed by atoms with E-state index < -0.39 is 0 Å². The summed E-state index contributed by atoms with van der Waals surface area (Å²) in [6, 6.07) is 9.21. The van der Waals surface area contributed by atoms with Crippen LogP contribution in [0.2, 0.25) is 0 Å². The summed E-state index contributed by atoms with van der Waals surface area (Å²) in [5, 5.41) is 13.5. The first kappa shape index (κ1) is 10.2. The Bertz CT molecular complexity index is 617. The van der Waals surface area contributed by atoms with Crippen molar-refractivity contribution in [1.29, 1.82) is 0 Å². The van der Waals surface area contributed by atoms with Crippen LogP contribution in [0.15, 0.2) is 24.4 Å². The fraction of sp³-hybridized carbons (Fsp3) is 0.100. The summed E-state index contributed by atoms with van der Waals surface area (Å²) < 4.78 is 1.65. The minimum atomic E-state index is 0. The van der Waals surface area contributed by atoms with Gasteiger partial charge in [-0.3, -0.25) is 0 Å². The quantitative estimate of drug-likeness (QED) is 0.556. The second-order valence-electron chi connectivity index (χ2n) is 3.27. The predicted molar refractivity (Wildman–Crippen MR) is 51.9 cm³/mol. The number of aryl methyl sites for hydroxylation is 1. The van der Waals surface area contributed by atoms with E-state index in [2.05, 4.69) is 27.7 Å². The molecule has 0 unspecified atom stereocenters. The van der Waals surface area contributed by atoms with Crippen molar-refractivity contribution >= 4 is 16.4 Å². The molecule has 0 saturated heterocycles. The smallest absolute Gasteiger partial charge is 0.104 e. The van der Waals surface area contributed by atoms with Crippen molar-refractivity contribution in [3.8, 4) is 0 Å². The second-order valence-corrected chi connectivity index (χ2v) is 3.27. The van der Waals surface area contributed by atoms with Crippen LogP contribution in [0.25, 0.3) is 16.4 Å². The van der Waals surface area contributed by atoms with Crippen LogP contribution in [0.3, 0.4) is 0 Å². The molecule has 5 heteroatoms. The summed E-state index contributed by atoms with van der Waals surface area (Å²) >= 11 is 0. The Morgan fingerprint density at radius 2 is 2.27 bits per heavy atom. The third-order valence-electron chi connectivity index (χ3n) is 2.23. The normalized spacial score (nSPS) is 10.5. The standard InChI is InChI=1S/C10H7N4.Pt/c1-7-2-3-9-8(6-7)4-5-14-10(9)11-12-13-14;/h2,4-6H,1H3;/q-1;. The molecule has 0 bridgehead atoms. The van der Waals surface area contributed by atoms with Gasteiger partial charge in [0.15, 0.2) is 0 Å². The zero-order chi connectivity index (χ0) is 9.54. The molecule has 15 heavy (non-hydrogen) atoms. The van der Waals surface area contributed by atoms with Crippen molar-refractivity contribution in [1.82, 2.24) is 20.0 Å². The van der Waals surface area contributed by atoms with E-state index in [1.807, 2.05) is 25.3 Å². The number of nitrogens with zero attached hydrogens (tertiary/aromatic N) is 4. The molecule has 0 aliphatic heterocycles. The molecule has 0 N–H and O–H groups in total. The maximum Gasteiger partial charge on any atom is 0.104 e. The minimum Gasteiger partial charge on any atom is -0.241 e. The summed E-state index contributed by atoms with van der Waals surface area (Å²) in [5.74, 6) is 0. The van der Waals surface area contributed by atoms with E-state index in [-0.39, 0.29) is 21.1 Å². The van der Waals surface area contributed by atoms with Crippen molar-refractivity contribution in [3.05, 3.63) is 36.0 Å². The Kier molecular flexibility index (Phi) is 2.53. The third kappa shape index (κ3) is 1.55. The van der Waals surface area contributed by atoms with Gasteiger partial charge >= 0.3 is 0 Å². The molecule has 2 aromatic heterocycles. The summed E-state index contributed by atoms with van der Waals surface area (Å²) in [6.07, 6.45) is 1.85. The Morgan fingerprint density at radius 1 is 1.40 bits per heavy atom. The SMILES string of the molecule is Cc1c[c-]c2c(ccn3nnnc23)c1.[Pt]. The van der Waals surface area contributed by atoms with E-state index in [1.54, 1.807) is 4.52 Å². The molecule has 3 aromatic rings. The number of benzene rings is 1. The number of fused-ring (bicyclic) bond motifs is 3. The fourth-order valence-electron chi connectivity index (χ4n) is 1.56. The molecule has 0 fully saturated rings. The van der Waals surface area contributed by atoms with Gasteiger partial charge in [-0.2, -0.15) is 5.10 Å². The van der Waals surface area contributed by atoms with Gasteiger partial charge in [-0.25, -0.2) is 4.52 Å². The van der Waals surface area contributed by atoms with Crippen molar-refractivity contribution in [3.63, 3.8) is 0 Å². The topological polar surface area (TPSA) is 43.1 Å². The van der Waals surface area contributed by atoms with Gasteiger partial charge in [0, 0.05) is 27.3 Å². The van der Waals surface area contributed by atoms with Crippen molar-refractivity contribution in [2.24, 2.45) is 0 Å². The van der Waals surface area contributed by atoms with Crippen LogP contribution in [0.1, 0.15) is 5.56 Å². The molecule has 0 radical (unpaired) electrons. The molecule has 2 heterocycles. The molecule has 0 atom stereocenters. The van der Waals surface area contributed by atoms with Crippen molar-refractivity contribution < 1.29 is 21.1 Å². The van der Waals surface area contributed by atoms with Gasteiger partial charge in [0.05, 0.1) is 0 Å². The van der Waals surface area contributed by atoms with Gasteiger partial charge in [-0.15, -0.1) is 29.1 Å². The van der Waals surface area contributed by atoms with Crippen molar-refractivity contribution in [2.75, 3.05) is 0 Å². The first-order valence-electron chi connectivity index (χ1n) is 4.33. The number of pyridine rings is 1. The first-order valence-corrected chi connectivity index (χ1v) is 4.33. The van der Waals surface area contributed by atoms with Crippen LogP contribution in [0.4, 0.5) is 0 Å². The molecule has 0 aliphatic carbocycles. The second kappa shape index (κ2) is 3.70. The van der Waals surface area contributed by atoms with Gasteiger partial charge in [0.2, 0.25) is 0 Å². The number of aromatic nitrogens is 4. The van der Waals surface area contributed by atoms with E-state index in [0.717, 1.165) is 16.4 Å². The summed E-state index contributed by atoms with van der Waals surface area (Å²) in [5.41, 5.74) is 1.94. The fourth-order valence-corrected chi connectivity index (χ4v) is 1.56. The van der Waals surface area contributed by atoms with E-state index in [4.69, 9.17) is 0 Å². The summed E-state index contributed by atoms with van der Waals surface area (Å²) in [6.45, 7) is 2.04. The molecule has 0 saturated carbocycles. The molecular formula is C10H7N4Pt-. The minimum absolute atomic E-state index is 0. The van der Waals surface area contributed by atoms with Crippen LogP contribution < -0.4 is 0 Å². The van der Waals surface area contributed by atoms with Gasteiger partial charge < -0.3 is 0 Å². The summed E-state index contributed by atoms with van der Waals surface area (Å²) in [4.78, 5) is 0. The number of rotatable bonds is 0. The van der Waals surface area contributed by atoms with Crippen LogP contribution in [-0.4, -0.2) is 20.0 Å². The van der Waals surface area contributed by atoms with E-state index in [0.29, 0.717) is 0 Å².